The number of fused-ring (bicyclic) bond motifs is 1. The number of rotatable bonds is 5. The zero-order chi connectivity index (χ0) is 14.5. The van der Waals surface area contributed by atoms with Gasteiger partial charge in [0.1, 0.15) is 0 Å². The fourth-order valence-corrected chi connectivity index (χ4v) is 1.97. The molecule has 0 aliphatic rings. The van der Waals surface area contributed by atoms with Gasteiger partial charge in [-0.15, -0.1) is 0 Å². The van der Waals surface area contributed by atoms with E-state index in [1.54, 1.807) is 19.2 Å². The highest BCUT2D eigenvalue weighted by Gasteiger charge is 2.31. The van der Waals surface area contributed by atoms with Crippen molar-refractivity contribution in [2.24, 2.45) is 0 Å². The Morgan fingerprint density at radius 1 is 1.35 bits per heavy atom. The standard InChI is InChI=1S/C14H13N3O3/c1-2-20-14(19)13(17-15)12(18)8-9-4-3-5-11-10(9)6-7-16-11/h3-7,16H,2,8H2,1H3. The first-order chi connectivity index (χ1) is 9.67. The van der Waals surface area contributed by atoms with Crippen LogP contribution in [0, 0.1) is 0 Å². The SMILES string of the molecule is CCOC(=O)C(=[N+]=[N-])C(=O)Cc1cccc2[nH]ccc12. The number of hydrogen-bond donors (Lipinski definition) is 1. The molecule has 0 saturated carbocycles. The summed E-state index contributed by atoms with van der Waals surface area (Å²) in [6.07, 6.45) is 1.73. The fraction of sp³-hybridized carbons (Fsp3) is 0.214. The monoisotopic (exact) mass is 271 g/mol. The first-order valence-corrected chi connectivity index (χ1v) is 6.14. The summed E-state index contributed by atoms with van der Waals surface area (Å²) >= 11 is 0. The lowest BCUT2D eigenvalue weighted by atomic mass is 10.0. The van der Waals surface area contributed by atoms with E-state index in [4.69, 9.17) is 5.53 Å². The van der Waals surface area contributed by atoms with E-state index in [9.17, 15) is 9.59 Å². The molecule has 6 nitrogen and oxygen atoms in total. The van der Waals surface area contributed by atoms with E-state index in [2.05, 4.69) is 14.5 Å². The molecule has 2 aromatic rings. The highest BCUT2D eigenvalue weighted by atomic mass is 16.5. The van der Waals surface area contributed by atoms with Gasteiger partial charge in [-0.25, -0.2) is 4.79 Å². The van der Waals surface area contributed by atoms with Crippen molar-refractivity contribution < 1.29 is 19.1 Å². The Morgan fingerprint density at radius 3 is 2.85 bits per heavy atom. The lowest BCUT2D eigenvalue weighted by molar-refractivity contribution is -0.141. The van der Waals surface area contributed by atoms with Crippen molar-refractivity contribution in [2.75, 3.05) is 6.61 Å². The second-order valence-corrected chi connectivity index (χ2v) is 4.13. The minimum atomic E-state index is -0.916. The molecule has 0 spiro atoms. The van der Waals surface area contributed by atoms with Gasteiger partial charge in [0.05, 0.1) is 6.61 Å². The van der Waals surface area contributed by atoms with Crippen LogP contribution in [-0.4, -0.2) is 33.8 Å². The van der Waals surface area contributed by atoms with Crippen LogP contribution in [0.15, 0.2) is 30.5 Å². The number of benzene rings is 1. The molecule has 1 aromatic heterocycles. The van der Waals surface area contributed by atoms with Crippen LogP contribution >= 0.6 is 0 Å². The van der Waals surface area contributed by atoms with Crippen LogP contribution < -0.4 is 0 Å². The summed E-state index contributed by atoms with van der Waals surface area (Å²) in [5.41, 5.74) is 9.87. The zero-order valence-corrected chi connectivity index (χ0v) is 10.9. The molecule has 102 valence electrons. The number of carbonyl (C=O) groups is 2. The Balaban J connectivity index is 2.25. The van der Waals surface area contributed by atoms with Gasteiger partial charge in [0.15, 0.2) is 0 Å². The van der Waals surface area contributed by atoms with Crippen LogP contribution in [-0.2, 0) is 20.7 Å². The summed E-state index contributed by atoms with van der Waals surface area (Å²) in [7, 11) is 0. The molecule has 1 N–H and O–H groups in total. The second kappa shape index (κ2) is 5.95. The highest BCUT2D eigenvalue weighted by molar-refractivity contribution is 6.62. The van der Waals surface area contributed by atoms with Gasteiger partial charge in [-0.05, 0) is 24.6 Å². The zero-order valence-electron chi connectivity index (χ0n) is 10.9. The Labute approximate surface area is 115 Å². The number of nitrogens with one attached hydrogen (secondary N) is 1. The van der Waals surface area contributed by atoms with Crippen LogP contribution in [0.1, 0.15) is 12.5 Å². The predicted molar refractivity (Wildman–Crippen MR) is 72.3 cm³/mol. The molecule has 6 heteroatoms. The average Bonchev–Trinajstić information content (AvgIpc) is 2.89. The van der Waals surface area contributed by atoms with Gasteiger partial charge in [0.2, 0.25) is 0 Å². The van der Waals surface area contributed by atoms with Crippen molar-refractivity contribution in [2.45, 2.75) is 13.3 Å². The van der Waals surface area contributed by atoms with Gasteiger partial charge < -0.3 is 15.3 Å². The van der Waals surface area contributed by atoms with E-state index < -0.39 is 17.5 Å². The number of H-pyrrole nitrogens is 1. The normalized spacial score (nSPS) is 10.1. The number of carbonyl (C=O) groups excluding carboxylic acids is 2. The number of ether oxygens (including phenoxy) is 1. The highest BCUT2D eigenvalue weighted by Crippen LogP contribution is 2.18. The number of hydrogen-bond acceptors (Lipinski definition) is 3. The summed E-state index contributed by atoms with van der Waals surface area (Å²) in [6, 6.07) is 7.32. The van der Waals surface area contributed by atoms with E-state index in [-0.39, 0.29) is 13.0 Å². The first kappa shape index (κ1) is 13.7. The molecule has 20 heavy (non-hydrogen) atoms. The number of Topliss-reactive ketones (excluding diaryl/α,β-unsaturated/α-hetero) is 1. The van der Waals surface area contributed by atoms with Gasteiger partial charge in [0.25, 0.3) is 5.78 Å². The molecule has 0 aliphatic carbocycles. The number of nitrogens with zero attached hydrogens (tertiary/aromatic N) is 2. The third kappa shape index (κ3) is 2.65. The van der Waals surface area contributed by atoms with Crippen molar-refractivity contribution in [3.63, 3.8) is 0 Å². The van der Waals surface area contributed by atoms with Gasteiger partial charge in [0, 0.05) is 23.5 Å². The third-order valence-corrected chi connectivity index (χ3v) is 2.87. The van der Waals surface area contributed by atoms with Gasteiger partial charge in [-0.2, -0.15) is 4.79 Å². The minimum Gasteiger partial charge on any atom is -0.457 e. The molecule has 2 rings (SSSR count). The average molecular weight is 271 g/mol. The van der Waals surface area contributed by atoms with Gasteiger partial charge in [-0.3, -0.25) is 4.79 Å². The number of esters is 1. The van der Waals surface area contributed by atoms with Crippen LogP contribution in [0.4, 0.5) is 0 Å². The smallest absolute Gasteiger partial charge is 0.441 e. The van der Waals surface area contributed by atoms with Crippen LogP contribution in [0.2, 0.25) is 0 Å². The van der Waals surface area contributed by atoms with E-state index in [1.807, 2.05) is 18.2 Å². The van der Waals surface area contributed by atoms with E-state index in [1.165, 1.54) is 0 Å². The summed E-state index contributed by atoms with van der Waals surface area (Å²) in [5.74, 6) is -1.50. The maximum Gasteiger partial charge on any atom is 0.441 e. The van der Waals surface area contributed by atoms with Crippen LogP contribution in [0.3, 0.4) is 0 Å². The molecule has 0 radical (unpaired) electrons. The minimum absolute atomic E-state index is 0.0343. The van der Waals surface area contributed by atoms with Gasteiger partial charge in [-0.1, -0.05) is 12.1 Å². The molecule has 0 bridgehead atoms. The molecule has 0 amide bonds. The molecule has 0 aliphatic heterocycles. The molecular weight excluding hydrogens is 258 g/mol. The summed E-state index contributed by atoms with van der Waals surface area (Å²) in [6.45, 7) is 1.72. The Morgan fingerprint density at radius 2 is 2.15 bits per heavy atom. The Kier molecular flexibility index (Phi) is 4.08. The van der Waals surface area contributed by atoms with E-state index in [0.717, 1.165) is 16.5 Å². The Hall–Kier alpha value is -2.72. The molecule has 0 atom stereocenters. The van der Waals surface area contributed by atoms with Crippen molar-refractivity contribution in [3.8, 4) is 0 Å². The Bertz CT molecular complexity index is 711. The molecule has 0 unspecified atom stereocenters. The number of ketones is 1. The van der Waals surface area contributed by atoms with Crippen LogP contribution in [0.25, 0.3) is 16.4 Å². The van der Waals surface area contributed by atoms with Crippen molar-refractivity contribution in [3.05, 3.63) is 41.6 Å². The number of aromatic nitrogens is 1. The van der Waals surface area contributed by atoms with Crippen molar-refractivity contribution >= 4 is 28.4 Å². The topological polar surface area (TPSA) is 95.6 Å². The van der Waals surface area contributed by atoms with Crippen molar-refractivity contribution in [1.29, 1.82) is 0 Å². The number of aromatic amines is 1. The van der Waals surface area contributed by atoms with Crippen molar-refractivity contribution in [1.82, 2.24) is 4.98 Å². The second-order valence-electron chi connectivity index (χ2n) is 4.13. The molecule has 1 heterocycles. The first-order valence-electron chi connectivity index (χ1n) is 6.14. The van der Waals surface area contributed by atoms with Crippen LogP contribution in [0.5, 0.6) is 0 Å². The van der Waals surface area contributed by atoms with Gasteiger partial charge >= 0.3 is 11.7 Å². The molecule has 0 saturated heterocycles. The summed E-state index contributed by atoms with van der Waals surface area (Å²) < 4.78 is 4.67. The van der Waals surface area contributed by atoms with E-state index in [0.29, 0.717) is 0 Å². The summed E-state index contributed by atoms with van der Waals surface area (Å²) in [5, 5.41) is 0.891. The largest absolute Gasteiger partial charge is 0.457 e. The van der Waals surface area contributed by atoms with E-state index >= 15 is 0 Å². The predicted octanol–water partition coefficient (Wildman–Crippen LogP) is 1.51. The molecule has 0 fully saturated rings. The fourth-order valence-electron chi connectivity index (χ4n) is 1.97. The summed E-state index contributed by atoms with van der Waals surface area (Å²) in [4.78, 5) is 29.3. The maximum atomic E-state index is 12.0. The molecule has 1 aromatic carbocycles. The third-order valence-electron chi connectivity index (χ3n) is 2.87. The maximum absolute atomic E-state index is 12.0. The molecular formula is C14H13N3O3. The lowest BCUT2D eigenvalue weighted by Crippen LogP contribution is -2.28. The quantitative estimate of drug-likeness (QED) is 0.293. The lowest BCUT2D eigenvalue weighted by Gasteiger charge is -2.01.